The highest BCUT2D eigenvalue weighted by molar-refractivity contribution is 7.92. The average Bonchev–Trinajstić information content (AvgIpc) is 2.74. The van der Waals surface area contributed by atoms with Crippen LogP contribution in [0.25, 0.3) is 0 Å². The Morgan fingerprint density at radius 3 is 2.26 bits per heavy atom. The molecule has 0 spiro atoms. The number of amides is 2. The van der Waals surface area contributed by atoms with Gasteiger partial charge in [-0.2, -0.15) is 0 Å². The Balaban J connectivity index is 2.38. The van der Waals surface area contributed by atoms with Crippen LogP contribution in [-0.4, -0.2) is 56.1 Å². The molecule has 0 aliphatic carbocycles. The molecule has 1 atom stereocenters. The largest absolute Gasteiger partial charge is 0.494 e. The lowest BCUT2D eigenvalue weighted by molar-refractivity contribution is -0.140. The molecular weight excluding hydrogens is 490 g/mol. The molecule has 1 N–H and O–H groups in total. The van der Waals surface area contributed by atoms with Gasteiger partial charge in [0, 0.05) is 17.1 Å². The van der Waals surface area contributed by atoms with E-state index in [1.807, 2.05) is 27.7 Å². The summed E-state index contributed by atoms with van der Waals surface area (Å²) in [5.74, 6) is -0.285. The van der Waals surface area contributed by atoms with Gasteiger partial charge in [-0.15, -0.1) is 0 Å². The van der Waals surface area contributed by atoms with Crippen LogP contribution in [0.4, 0.5) is 5.69 Å². The number of nitrogens with zero attached hydrogens (tertiary/aromatic N) is 2. The van der Waals surface area contributed by atoms with Crippen LogP contribution in [0.15, 0.2) is 48.5 Å². The molecule has 8 nitrogen and oxygen atoms in total. The highest BCUT2D eigenvalue weighted by Crippen LogP contribution is 2.23. The molecule has 0 heterocycles. The van der Waals surface area contributed by atoms with E-state index < -0.39 is 34.1 Å². The van der Waals surface area contributed by atoms with E-state index in [0.29, 0.717) is 28.6 Å². The summed E-state index contributed by atoms with van der Waals surface area (Å²) in [6.45, 7) is 9.08. The van der Waals surface area contributed by atoms with Gasteiger partial charge in [0.15, 0.2) is 0 Å². The zero-order chi connectivity index (χ0) is 26.4. The first-order chi connectivity index (χ1) is 16.2. The molecule has 2 amide bonds. The molecule has 10 heteroatoms. The maximum atomic E-state index is 13.5. The number of nitrogens with one attached hydrogen (secondary N) is 1. The average molecular weight is 524 g/mol. The standard InChI is InChI=1S/C25H34ClN3O5S/c1-7-34-22-13-11-21(12-14-22)29(35(6,32)33)17-23(30)28(16-19-9-8-10-20(26)15-19)18(2)24(31)27-25(3,4)5/h8-15,18H,7,16-17H2,1-6H3,(H,27,31)/t18-/m1/s1. The zero-order valence-corrected chi connectivity index (χ0v) is 22.6. The van der Waals surface area contributed by atoms with Crippen LogP contribution >= 0.6 is 11.6 Å². The van der Waals surface area contributed by atoms with E-state index in [1.54, 1.807) is 55.5 Å². The molecule has 35 heavy (non-hydrogen) atoms. The molecule has 2 rings (SSSR count). The first-order valence-electron chi connectivity index (χ1n) is 11.3. The third-order valence-corrected chi connectivity index (χ3v) is 6.40. The summed E-state index contributed by atoms with van der Waals surface area (Å²) in [4.78, 5) is 27.8. The summed E-state index contributed by atoms with van der Waals surface area (Å²) in [6.07, 6.45) is 1.04. The molecule has 0 aliphatic heterocycles. The van der Waals surface area contributed by atoms with E-state index in [9.17, 15) is 18.0 Å². The van der Waals surface area contributed by atoms with Crippen LogP contribution in [0.2, 0.25) is 5.02 Å². The Labute approximate surface area is 213 Å². The fourth-order valence-corrected chi connectivity index (χ4v) is 4.44. The molecule has 2 aromatic rings. The number of benzene rings is 2. The fourth-order valence-electron chi connectivity index (χ4n) is 3.38. The smallest absolute Gasteiger partial charge is 0.244 e. The van der Waals surface area contributed by atoms with Crippen molar-refractivity contribution in [1.82, 2.24) is 10.2 Å². The molecule has 0 unspecified atom stereocenters. The molecule has 0 bridgehead atoms. The summed E-state index contributed by atoms with van der Waals surface area (Å²) in [5, 5.41) is 3.37. The van der Waals surface area contributed by atoms with Gasteiger partial charge in [0.05, 0.1) is 18.6 Å². The minimum Gasteiger partial charge on any atom is -0.494 e. The number of ether oxygens (including phenoxy) is 1. The van der Waals surface area contributed by atoms with Gasteiger partial charge in [0.1, 0.15) is 18.3 Å². The van der Waals surface area contributed by atoms with Crippen molar-refractivity contribution in [3.8, 4) is 5.75 Å². The van der Waals surface area contributed by atoms with E-state index in [1.165, 1.54) is 4.90 Å². The van der Waals surface area contributed by atoms with Crippen molar-refractivity contribution in [1.29, 1.82) is 0 Å². The molecule has 0 aliphatic rings. The summed E-state index contributed by atoms with van der Waals surface area (Å²) in [6, 6.07) is 12.6. The molecule has 192 valence electrons. The van der Waals surface area contributed by atoms with Crippen molar-refractivity contribution in [2.75, 3.05) is 23.7 Å². The molecule has 2 aromatic carbocycles. The van der Waals surface area contributed by atoms with E-state index in [-0.39, 0.29) is 12.5 Å². The SMILES string of the molecule is CCOc1ccc(N(CC(=O)N(Cc2cccc(Cl)c2)[C@H](C)C(=O)NC(C)(C)C)S(C)(=O)=O)cc1. The van der Waals surface area contributed by atoms with Crippen LogP contribution in [0.3, 0.4) is 0 Å². The van der Waals surface area contributed by atoms with Gasteiger partial charge in [0.25, 0.3) is 0 Å². The predicted molar refractivity (Wildman–Crippen MR) is 139 cm³/mol. The monoisotopic (exact) mass is 523 g/mol. The van der Waals surface area contributed by atoms with Crippen LogP contribution in [0.1, 0.15) is 40.2 Å². The molecule has 0 saturated heterocycles. The van der Waals surface area contributed by atoms with Crippen LogP contribution in [-0.2, 0) is 26.2 Å². The Kier molecular flexibility index (Phi) is 9.57. The Hall–Kier alpha value is -2.78. The lowest BCUT2D eigenvalue weighted by atomic mass is 10.1. The van der Waals surface area contributed by atoms with E-state index in [4.69, 9.17) is 16.3 Å². The van der Waals surface area contributed by atoms with Crippen molar-refractivity contribution in [2.45, 2.75) is 52.7 Å². The summed E-state index contributed by atoms with van der Waals surface area (Å²) in [5.41, 5.74) is 0.532. The third kappa shape index (κ3) is 8.74. The van der Waals surface area contributed by atoms with Crippen LogP contribution < -0.4 is 14.4 Å². The second-order valence-corrected chi connectivity index (χ2v) is 11.6. The number of carbonyl (C=O) groups is 2. The van der Waals surface area contributed by atoms with Gasteiger partial charge in [-0.05, 0) is 76.6 Å². The Morgan fingerprint density at radius 2 is 1.74 bits per heavy atom. The predicted octanol–water partition coefficient (Wildman–Crippen LogP) is 3.84. The summed E-state index contributed by atoms with van der Waals surface area (Å²) >= 11 is 6.12. The number of sulfonamides is 1. The highest BCUT2D eigenvalue weighted by Gasteiger charge is 2.31. The maximum absolute atomic E-state index is 13.5. The van der Waals surface area contributed by atoms with Gasteiger partial charge in [0.2, 0.25) is 21.8 Å². The van der Waals surface area contributed by atoms with Gasteiger partial charge in [-0.3, -0.25) is 13.9 Å². The molecular formula is C25H34ClN3O5S. The summed E-state index contributed by atoms with van der Waals surface area (Å²) < 4.78 is 31.7. The number of hydrogen-bond donors (Lipinski definition) is 1. The van der Waals surface area contributed by atoms with Crippen molar-refractivity contribution in [2.24, 2.45) is 0 Å². The van der Waals surface area contributed by atoms with Crippen molar-refractivity contribution < 1.29 is 22.7 Å². The Morgan fingerprint density at radius 1 is 1.11 bits per heavy atom. The quantitative estimate of drug-likeness (QED) is 0.510. The van der Waals surface area contributed by atoms with E-state index in [0.717, 1.165) is 10.6 Å². The first-order valence-corrected chi connectivity index (χ1v) is 13.5. The van der Waals surface area contributed by atoms with Crippen LogP contribution in [0.5, 0.6) is 5.75 Å². The van der Waals surface area contributed by atoms with Crippen molar-refractivity contribution >= 4 is 39.1 Å². The van der Waals surface area contributed by atoms with Crippen LogP contribution in [0, 0.1) is 0 Å². The van der Waals surface area contributed by atoms with E-state index in [2.05, 4.69) is 5.32 Å². The normalized spacial score (nSPS) is 12.5. The second kappa shape index (κ2) is 11.8. The Bertz CT molecular complexity index is 1130. The van der Waals surface area contributed by atoms with Gasteiger partial charge < -0.3 is 15.0 Å². The number of halogens is 1. The lowest BCUT2D eigenvalue weighted by Crippen LogP contribution is -2.54. The molecule has 0 fully saturated rings. The fraction of sp³-hybridized carbons (Fsp3) is 0.440. The topological polar surface area (TPSA) is 96.0 Å². The van der Waals surface area contributed by atoms with Gasteiger partial charge in [-0.25, -0.2) is 8.42 Å². The second-order valence-electron chi connectivity index (χ2n) is 9.26. The molecule has 0 aromatic heterocycles. The third-order valence-electron chi connectivity index (χ3n) is 5.02. The summed E-state index contributed by atoms with van der Waals surface area (Å²) in [7, 11) is -3.80. The minimum atomic E-state index is -3.80. The highest BCUT2D eigenvalue weighted by atomic mass is 35.5. The van der Waals surface area contributed by atoms with Gasteiger partial charge in [-0.1, -0.05) is 23.7 Å². The van der Waals surface area contributed by atoms with Crippen molar-refractivity contribution in [3.63, 3.8) is 0 Å². The first kappa shape index (κ1) is 28.5. The number of anilines is 1. The zero-order valence-electron chi connectivity index (χ0n) is 21.0. The minimum absolute atomic E-state index is 0.0823. The molecule has 0 saturated carbocycles. The number of hydrogen-bond acceptors (Lipinski definition) is 5. The van der Waals surface area contributed by atoms with Gasteiger partial charge >= 0.3 is 0 Å². The molecule has 0 radical (unpaired) electrons. The van der Waals surface area contributed by atoms with E-state index >= 15 is 0 Å². The maximum Gasteiger partial charge on any atom is 0.244 e. The lowest BCUT2D eigenvalue weighted by Gasteiger charge is -2.33. The number of carbonyl (C=O) groups excluding carboxylic acids is 2. The van der Waals surface area contributed by atoms with Crippen molar-refractivity contribution in [3.05, 3.63) is 59.1 Å². The number of rotatable bonds is 10.